The van der Waals surface area contributed by atoms with Gasteiger partial charge in [-0.2, -0.15) is 0 Å². The highest BCUT2D eigenvalue weighted by Gasteiger charge is 2.26. The number of hydrogen-bond acceptors (Lipinski definition) is 6. The monoisotopic (exact) mass is 497 g/mol. The number of rotatable bonds is 5. The van der Waals surface area contributed by atoms with Crippen LogP contribution in [0.5, 0.6) is 11.5 Å². The third-order valence-electron chi connectivity index (χ3n) is 6.39. The van der Waals surface area contributed by atoms with Gasteiger partial charge in [0.05, 0.1) is 24.9 Å². The number of aromatic nitrogens is 1. The minimum atomic E-state index is -0.0279. The molecule has 2 aromatic carbocycles. The quantitative estimate of drug-likeness (QED) is 0.483. The van der Waals surface area contributed by atoms with Crippen molar-refractivity contribution in [3.05, 3.63) is 63.6 Å². The molecule has 0 bridgehead atoms. The molecule has 2 aliphatic heterocycles. The van der Waals surface area contributed by atoms with E-state index in [0.717, 1.165) is 41.3 Å². The molecule has 2 aliphatic rings. The fourth-order valence-corrected chi connectivity index (χ4v) is 5.47. The van der Waals surface area contributed by atoms with Crippen LogP contribution < -0.4 is 9.47 Å². The molecule has 1 saturated heterocycles. The zero-order valence-corrected chi connectivity index (χ0v) is 20.8. The van der Waals surface area contributed by atoms with E-state index in [9.17, 15) is 4.79 Å². The van der Waals surface area contributed by atoms with Crippen LogP contribution in [-0.2, 0) is 6.54 Å². The highest BCUT2D eigenvalue weighted by Crippen LogP contribution is 2.39. The molecule has 6 nitrogen and oxygen atoms in total. The summed E-state index contributed by atoms with van der Waals surface area (Å²) in [7, 11) is 2.16. The average molecular weight is 498 g/mol. The van der Waals surface area contributed by atoms with E-state index in [0.29, 0.717) is 42.1 Å². The Morgan fingerprint density at radius 3 is 2.97 bits per heavy atom. The number of carbonyl (C=O) groups is 1. The summed E-state index contributed by atoms with van der Waals surface area (Å²) in [6.07, 6.45) is 3.98. The fraction of sp³-hybridized carbons (Fsp3) is 0.385. The number of nitrogens with zero attached hydrogens (tertiary/aromatic N) is 3. The van der Waals surface area contributed by atoms with Gasteiger partial charge in [-0.25, -0.2) is 0 Å². The molecule has 1 fully saturated rings. The number of likely N-dealkylation sites (tertiary alicyclic amines) is 1. The van der Waals surface area contributed by atoms with Gasteiger partial charge in [0.15, 0.2) is 11.5 Å². The Balaban J connectivity index is 1.47. The summed E-state index contributed by atoms with van der Waals surface area (Å²) in [5.74, 6) is 1.92. The van der Waals surface area contributed by atoms with E-state index in [1.54, 1.807) is 11.7 Å². The molecule has 0 radical (unpaired) electrons. The predicted octanol–water partition coefficient (Wildman–Crippen LogP) is 5.22. The first kappa shape index (κ1) is 23.1. The van der Waals surface area contributed by atoms with Gasteiger partial charge in [-0.15, -0.1) is 11.3 Å². The van der Waals surface area contributed by atoms with E-state index in [4.69, 9.17) is 21.1 Å². The molecule has 0 unspecified atom stereocenters. The smallest absolute Gasteiger partial charge is 0.265 e. The molecule has 8 heteroatoms. The predicted molar refractivity (Wildman–Crippen MR) is 135 cm³/mol. The van der Waals surface area contributed by atoms with Crippen LogP contribution in [0.25, 0.3) is 11.1 Å². The van der Waals surface area contributed by atoms with Crippen molar-refractivity contribution in [1.82, 2.24) is 14.8 Å². The van der Waals surface area contributed by atoms with Gasteiger partial charge in [0.25, 0.3) is 5.91 Å². The third kappa shape index (κ3) is 5.22. The Kier molecular flexibility index (Phi) is 7.04. The number of ether oxygens (including phenoxy) is 2. The lowest BCUT2D eigenvalue weighted by atomic mass is 9.99. The van der Waals surface area contributed by atoms with Gasteiger partial charge in [-0.1, -0.05) is 23.7 Å². The molecule has 0 saturated carbocycles. The summed E-state index contributed by atoms with van der Waals surface area (Å²) in [6.45, 7) is 4.18. The van der Waals surface area contributed by atoms with E-state index >= 15 is 0 Å². The number of thiazole rings is 1. The van der Waals surface area contributed by atoms with Crippen LogP contribution in [0.1, 0.15) is 28.1 Å². The minimum Gasteiger partial charge on any atom is -0.489 e. The maximum absolute atomic E-state index is 13.1. The Morgan fingerprint density at radius 1 is 1.26 bits per heavy atom. The van der Waals surface area contributed by atoms with E-state index in [1.807, 2.05) is 35.2 Å². The number of piperidine rings is 1. The summed E-state index contributed by atoms with van der Waals surface area (Å²) >= 11 is 7.64. The van der Waals surface area contributed by atoms with Gasteiger partial charge in [0.2, 0.25) is 0 Å². The molecule has 3 aromatic rings. The second kappa shape index (κ2) is 10.3. The zero-order valence-electron chi connectivity index (χ0n) is 19.2. The van der Waals surface area contributed by atoms with Crippen molar-refractivity contribution >= 4 is 28.8 Å². The Bertz CT molecular complexity index is 1150. The Labute approximate surface area is 209 Å². The van der Waals surface area contributed by atoms with Crippen LogP contribution in [-0.4, -0.2) is 60.6 Å². The molecule has 1 aromatic heterocycles. The lowest BCUT2D eigenvalue weighted by Gasteiger charge is -2.29. The summed E-state index contributed by atoms with van der Waals surface area (Å²) in [5, 5.41) is 0.679. The van der Waals surface area contributed by atoms with Gasteiger partial charge in [0, 0.05) is 29.6 Å². The van der Waals surface area contributed by atoms with Gasteiger partial charge < -0.3 is 19.3 Å². The second-order valence-corrected chi connectivity index (χ2v) is 10.3. The maximum Gasteiger partial charge on any atom is 0.265 e. The molecule has 1 atom stereocenters. The van der Waals surface area contributed by atoms with Crippen molar-refractivity contribution in [2.75, 3.05) is 39.9 Å². The number of hydrogen-bond donors (Lipinski definition) is 0. The number of benzene rings is 2. The SMILES string of the molecule is CN1CCC[C@H](COc2cc(-c3cccc(Cl)c3)cc3c2OCCN(C(=O)c2cncs2)C3)C1. The fourth-order valence-electron chi connectivity index (χ4n) is 4.69. The lowest BCUT2D eigenvalue weighted by molar-refractivity contribution is 0.0737. The molecule has 34 heavy (non-hydrogen) atoms. The van der Waals surface area contributed by atoms with Gasteiger partial charge in [-0.3, -0.25) is 9.78 Å². The zero-order chi connectivity index (χ0) is 23.5. The van der Waals surface area contributed by atoms with Crippen molar-refractivity contribution in [3.8, 4) is 22.6 Å². The van der Waals surface area contributed by atoms with E-state index in [-0.39, 0.29) is 5.91 Å². The van der Waals surface area contributed by atoms with Crippen molar-refractivity contribution in [2.45, 2.75) is 19.4 Å². The van der Waals surface area contributed by atoms with Crippen molar-refractivity contribution < 1.29 is 14.3 Å². The van der Waals surface area contributed by atoms with Crippen LogP contribution in [0.15, 0.2) is 48.1 Å². The number of amides is 1. The molecular formula is C26H28ClN3O3S. The summed E-state index contributed by atoms with van der Waals surface area (Å²) in [4.78, 5) is 21.9. The first-order valence-corrected chi connectivity index (χ1v) is 12.9. The molecule has 0 aliphatic carbocycles. The topological polar surface area (TPSA) is 54.9 Å². The summed E-state index contributed by atoms with van der Waals surface area (Å²) < 4.78 is 12.6. The summed E-state index contributed by atoms with van der Waals surface area (Å²) in [6, 6.07) is 11.9. The standard InChI is InChI=1S/C26H28ClN3O3S/c1-29-7-3-4-18(14-29)16-33-23-12-20(19-5-2-6-22(27)11-19)10-21-15-30(8-9-32-25(21)23)26(31)24-13-28-17-34-24/h2,5-6,10-13,17-18H,3-4,7-9,14-16H2,1H3/t18-/m0/s1. The first-order valence-electron chi connectivity index (χ1n) is 11.6. The van der Waals surface area contributed by atoms with Crippen LogP contribution in [0.3, 0.4) is 0 Å². The number of halogens is 1. The van der Waals surface area contributed by atoms with E-state index < -0.39 is 0 Å². The Hall–Kier alpha value is -2.61. The molecule has 0 N–H and O–H groups in total. The highest BCUT2D eigenvalue weighted by atomic mass is 35.5. The van der Waals surface area contributed by atoms with Crippen LogP contribution >= 0.6 is 22.9 Å². The molecule has 178 valence electrons. The normalized spacial score (nSPS) is 18.6. The minimum absolute atomic E-state index is 0.0279. The average Bonchev–Trinajstić information content (AvgIpc) is 3.29. The van der Waals surface area contributed by atoms with Gasteiger partial charge in [-0.05, 0) is 61.8 Å². The van der Waals surface area contributed by atoms with Gasteiger partial charge in [0.1, 0.15) is 11.5 Å². The van der Waals surface area contributed by atoms with Crippen molar-refractivity contribution in [2.24, 2.45) is 5.92 Å². The van der Waals surface area contributed by atoms with Crippen LogP contribution in [0, 0.1) is 5.92 Å². The first-order chi connectivity index (χ1) is 16.6. The van der Waals surface area contributed by atoms with Crippen molar-refractivity contribution in [1.29, 1.82) is 0 Å². The molecular weight excluding hydrogens is 470 g/mol. The molecule has 3 heterocycles. The lowest BCUT2D eigenvalue weighted by Crippen LogP contribution is -2.34. The Morgan fingerprint density at radius 2 is 2.18 bits per heavy atom. The van der Waals surface area contributed by atoms with Crippen LogP contribution in [0.2, 0.25) is 5.02 Å². The van der Waals surface area contributed by atoms with Gasteiger partial charge >= 0.3 is 0 Å². The van der Waals surface area contributed by atoms with Crippen molar-refractivity contribution in [3.63, 3.8) is 0 Å². The third-order valence-corrected chi connectivity index (χ3v) is 7.38. The summed E-state index contributed by atoms with van der Waals surface area (Å²) in [5.41, 5.74) is 4.61. The largest absolute Gasteiger partial charge is 0.489 e. The second-order valence-electron chi connectivity index (χ2n) is 9.00. The van der Waals surface area contributed by atoms with Crippen LogP contribution in [0.4, 0.5) is 0 Å². The number of fused-ring (bicyclic) bond motifs is 1. The molecule has 0 spiro atoms. The maximum atomic E-state index is 13.1. The number of carbonyl (C=O) groups excluding carboxylic acids is 1. The highest BCUT2D eigenvalue weighted by molar-refractivity contribution is 7.11. The van der Waals surface area contributed by atoms with E-state index in [1.165, 1.54) is 24.2 Å². The molecule has 5 rings (SSSR count). The molecule has 1 amide bonds. The van der Waals surface area contributed by atoms with E-state index in [2.05, 4.69) is 23.0 Å².